The summed E-state index contributed by atoms with van der Waals surface area (Å²) < 4.78 is 4.82. The summed E-state index contributed by atoms with van der Waals surface area (Å²) in [6, 6.07) is 6.33. The van der Waals surface area contributed by atoms with E-state index in [9.17, 15) is 15.0 Å². The minimum absolute atomic E-state index is 0.0612. The number of phenols is 2. The fraction of sp³-hybridized carbons (Fsp3) is 0.133. The molecule has 0 aliphatic carbocycles. The van der Waals surface area contributed by atoms with E-state index in [0.717, 1.165) is 11.3 Å². The molecule has 3 aromatic rings. The molecule has 0 amide bonds. The van der Waals surface area contributed by atoms with Crippen molar-refractivity contribution in [2.24, 2.45) is 10.2 Å². The molecule has 1 aromatic heterocycles. The van der Waals surface area contributed by atoms with E-state index >= 15 is 0 Å². The number of ether oxygens (including phenoxy) is 1. The predicted octanol–water partition coefficient (Wildman–Crippen LogP) is 3.98. The number of hydrogen-bond acceptors (Lipinski definition) is 10. The number of thiol groups is 1. The number of esters is 1. The van der Waals surface area contributed by atoms with Gasteiger partial charge in [-0.05, 0) is 19.1 Å². The van der Waals surface area contributed by atoms with Crippen LogP contribution in [0.15, 0.2) is 39.4 Å². The van der Waals surface area contributed by atoms with Crippen molar-refractivity contribution < 1.29 is 19.7 Å². The Morgan fingerprint density at radius 1 is 1.32 bits per heavy atom. The second-order valence-electron chi connectivity index (χ2n) is 4.77. The highest BCUT2D eigenvalue weighted by Crippen LogP contribution is 2.43. The molecule has 128 valence electrons. The van der Waals surface area contributed by atoms with E-state index in [4.69, 9.17) is 4.74 Å². The molecule has 0 saturated heterocycles. The van der Waals surface area contributed by atoms with Gasteiger partial charge in [0, 0.05) is 10.3 Å². The van der Waals surface area contributed by atoms with Crippen LogP contribution < -0.4 is 0 Å². The number of carbonyl (C=O) groups is 1. The molecule has 3 rings (SSSR count). The first-order valence-electron chi connectivity index (χ1n) is 7.10. The molecule has 0 fully saturated rings. The molecule has 0 radical (unpaired) electrons. The van der Waals surface area contributed by atoms with Crippen molar-refractivity contribution in [2.75, 3.05) is 6.61 Å². The summed E-state index contributed by atoms with van der Waals surface area (Å²) in [6.45, 7) is 1.92. The first-order valence-corrected chi connectivity index (χ1v) is 8.36. The van der Waals surface area contributed by atoms with Gasteiger partial charge in [0.1, 0.15) is 11.4 Å². The van der Waals surface area contributed by atoms with E-state index in [1.54, 1.807) is 19.1 Å². The molecule has 8 nitrogen and oxygen atoms in total. The van der Waals surface area contributed by atoms with Crippen LogP contribution in [0.1, 0.15) is 16.7 Å². The highest BCUT2D eigenvalue weighted by Gasteiger charge is 2.15. The van der Waals surface area contributed by atoms with E-state index in [0.29, 0.717) is 10.3 Å². The fourth-order valence-corrected chi connectivity index (χ4v) is 2.98. The monoisotopic (exact) mass is 376 g/mol. The van der Waals surface area contributed by atoms with Crippen molar-refractivity contribution in [3.8, 4) is 11.5 Å². The largest absolute Gasteiger partial charge is 0.507 e. The van der Waals surface area contributed by atoms with Crippen LogP contribution in [-0.2, 0) is 4.74 Å². The average molecular weight is 376 g/mol. The second-order valence-corrected chi connectivity index (χ2v) is 6.21. The van der Waals surface area contributed by atoms with Crippen molar-refractivity contribution in [3.63, 3.8) is 0 Å². The molecular weight excluding hydrogens is 364 g/mol. The molecule has 0 bridgehead atoms. The Hall–Kier alpha value is -2.72. The van der Waals surface area contributed by atoms with Gasteiger partial charge >= 0.3 is 5.97 Å². The number of aromatic nitrogens is 2. The Morgan fingerprint density at radius 2 is 2.12 bits per heavy atom. The maximum Gasteiger partial charge on any atom is 0.369 e. The van der Waals surface area contributed by atoms with Crippen LogP contribution in [0.3, 0.4) is 0 Å². The normalized spacial score (nSPS) is 11.3. The topological polar surface area (TPSA) is 117 Å². The molecule has 25 heavy (non-hydrogen) atoms. The Kier molecular flexibility index (Phi) is 4.81. The quantitative estimate of drug-likeness (QED) is 0.360. The van der Waals surface area contributed by atoms with Crippen LogP contribution in [0.5, 0.6) is 11.5 Å². The van der Waals surface area contributed by atoms with Crippen molar-refractivity contribution in [2.45, 2.75) is 11.8 Å². The van der Waals surface area contributed by atoms with Crippen molar-refractivity contribution >= 4 is 51.5 Å². The Bertz CT molecular complexity index is 987. The summed E-state index contributed by atoms with van der Waals surface area (Å²) in [5.74, 6) is -0.912. The first-order chi connectivity index (χ1) is 12.0. The maximum atomic E-state index is 11.6. The first kappa shape index (κ1) is 17.1. The summed E-state index contributed by atoms with van der Waals surface area (Å²) in [6.07, 6.45) is 0. The number of benzene rings is 2. The number of phenolic OH excluding ortho intramolecular Hbond substituents is 2. The third-order valence-corrected chi connectivity index (χ3v) is 4.34. The molecule has 1 heterocycles. The number of nitrogens with zero attached hydrogens (tertiary/aromatic N) is 4. The molecule has 0 unspecified atom stereocenters. The van der Waals surface area contributed by atoms with Crippen molar-refractivity contribution in [1.29, 1.82) is 0 Å². The van der Waals surface area contributed by atoms with Crippen molar-refractivity contribution in [1.82, 2.24) is 10.2 Å². The molecule has 2 aromatic carbocycles. The number of aromatic hydroxyl groups is 2. The molecule has 0 atom stereocenters. The molecule has 0 aliphatic heterocycles. The fourth-order valence-electron chi connectivity index (χ4n) is 2.11. The lowest BCUT2D eigenvalue weighted by Crippen LogP contribution is -2.03. The maximum absolute atomic E-state index is 11.6. The Labute approximate surface area is 151 Å². The molecule has 0 aliphatic rings. The van der Waals surface area contributed by atoms with Gasteiger partial charge in [0.05, 0.1) is 12.0 Å². The highest BCUT2D eigenvalue weighted by molar-refractivity contribution is 7.80. The van der Waals surface area contributed by atoms with Gasteiger partial charge in [-0.3, -0.25) is 0 Å². The van der Waals surface area contributed by atoms with E-state index in [2.05, 4.69) is 33.1 Å². The van der Waals surface area contributed by atoms with Crippen LogP contribution in [0.25, 0.3) is 10.8 Å². The molecule has 0 spiro atoms. The van der Waals surface area contributed by atoms with Crippen molar-refractivity contribution in [3.05, 3.63) is 29.3 Å². The lowest BCUT2D eigenvalue weighted by Gasteiger charge is -2.08. The summed E-state index contributed by atoms with van der Waals surface area (Å²) in [7, 11) is 0. The van der Waals surface area contributed by atoms with E-state index in [-0.39, 0.29) is 39.3 Å². The molecule has 10 heteroatoms. The summed E-state index contributed by atoms with van der Waals surface area (Å²) in [5, 5.41) is 36.5. The summed E-state index contributed by atoms with van der Waals surface area (Å²) in [5.41, 5.74) is 0.104. The second kappa shape index (κ2) is 7.03. The minimum Gasteiger partial charge on any atom is -0.507 e. The number of azo groups is 1. The van der Waals surface area contributed by atoms with Crippen LogP contribution in [-0.4, -0.2) is 33.0 Å². The number of hydrogen-bond donors (Lipinski definition) is 3. The van der Waals surface area contributed by atoms with Gasteiger partial charge in [0.2, 0.25) is 5.01 Å². The molecule has 0 saturated carbocycles. The number of carbonyl (C=O) groups excluding carboxylic acids is 1. The van der Waals surface area contributed by atoms with Crippen LogP contribution in [0.4, 0.5) is 10.8 Å². The van der Waals surface area contributed by atoms with Gasteiger partial charge in [-0.1, -0.05) is 23.5 Å². The van der Waals surface area contributed by atoms with Crippen LogP contribution in [0.2, 0.25) is 0 Å². The SMILES string of the molecule is CCOC(=O)c1nnc(/N=N/c2cc(S)c3cccc(O)c3c2O)s1. The lowest BCUT2D eigenvalue weighted by molar-refractivity contribution is 0.0525. The van der Waals surface area contributed by atoms with Crippen LogP contribution >= 0.6 is 24.0 Å². The third kappa shape index (κ3) is 3.39. The predicted molar refractivity (Wildman–Crippen MR) is 94.6 cm³/mol. The van der Waals surface area contributed by atoms with Gasteiger partial charge < -0.3 is 14.9 Å². The average Bonchev–Trinajstić information content (AvgIpc) is 3.06. The molecule has 2 N–H and O–H groups in total. The zero-order chi connectivity index (χ0) is 18.0. The summed E-state index contributed by atoms with van der Waals surface area (Å²) >= 11 is 5.25. The van der Waals surface area contributed by atoms with E-state index < -0.39 is 5.97 Å². The standard InChI is InChI=1S/C15H12N4O4S2/c1-2-23-14(22)13-17-19-15(25-13)18-16-8-6-10(24)7-4-3-5-9(20)11(7)12(8)21/h3-6,20-21,24H,2H2,1H3/b18-16+. The smallest absolute Gasteiger partial charge is 0.369 e. The number of fused-ring (bicyclic) bond motifs is 1. The van der Waals surface area contributed by atoms with E-state index in [1.807, 2.05) is 0 Å². The van der Waals surface area contributed by atoms with Gasteiger partial charge in [-0.2, -0.15) is 0 Å². The van der Waals surface area contributed by atoms with Gasteiger partial charge in [-0.25, -0.2) is 4.79 Å². The zero-order valence-electron chi connectivity index (χ0n) is 12.9. The van der Waals surface area contributed by atoms with E-state index in [1.165, 1.54) is 12.1 Å². The van der Waals surface area contributed by atoms with Gasteiger partial charge in [0.15, 0.2) is 5.75 Å². The highest BCUT2D eigenvalue weighted by atomic mass is 32.1. The molecular formula is C15H12N4O4S2. The lowest BCUT2D eigenvalue weighted by atomic mass is 10.1. The summed E-state index contributed by atoms with van der Waals surface area (Å²) in [4.78, 5) is 12.1. The zero-order valence-corrected chi connectivity index (χ0v) is 14.6. The third-order valence-electron chi connectivity index (χ3n) is 3.18. The number of rotatable bonds is 4. The minimum atomic E-state index is -0.586. The van der Waals surface area contributed by atoms with Crippen LogP contribution in [0, 0.1) is 0 Å². The Morgan fingerprint density at radius 3 is 2.88 bits per heavy atom. The Balaban J connectivity index is 1.96. The van der Waals surface area contributed by atoms with Gasteiger partial charge in [0.25, 0.3) is 5.13 Å². The van der Waals surface area contributed by atoms with Gasteiger partial charge in [-0.15, -0.1) is 33.1 Å².